The van der Waals surface area contributed by atoms with E-state index in [2.05, 4.69) is 22.0 Å². The van der Waals surface area contributed by atoms with Gasteiger partial charge in [0.15, 0.2) is 5.17 Å². The summed E-state index contributed by atoms with van der Waals surface area (Å²) in [6.45, 7) is 10.5. The molecular weight excluding hydrogens is 495 g/mol. The van der Waals surface area contributed by atoms with E-state index < -0.39 is 5.00 Å². The monoisotopic (exact) mass is 530 g/mol. The second-order valence-electron chi connectivity index (χ2n) is 9.35. The van der Waals surface area contributed by atoms with Crippen molar-refractivity contribution in [3.05, 3.63) is 23.5 Å². The molecule has 2 aliphatic heterocycles. The molecule has 0 aromatic carbocycles. The summed E-state index contributed by atoms with van der Waals surface area (Å²) < 4.78 is 21.8. The van der Waals surface area contributed by atoms with E-state index in [1.54, 1.807) is 13.1 Å². The number of ether oxygens (including phenoxy) is 1. The highest BCUT2D eigenvalue weighted by Crippen LogP contribution is 2.35. The van der Waals surface area contributed by atoms with Crippen LogP contribution in [0.15, 0.2) is 17.1 Å². The van der Waals surface area contributed by atoms with Gasteiger partial charge in [-0.1, -0.05) is 6.92 Å². The smallest absolute Gasteiger partial charge is 0.320 e. The number of fused-ring (bicyclic) bond motifs is 1. The number of morpholine rings is 1. The van der Waals surface area contributed by atoms with E-state index in [-0.39, 0.29) is 6.03 Å². The van der Waals surface area contributed by atoms with Crippen LogP contribution in [0.1, 0.15) is 25.2 Å². The topological polar surface area (TPSA) is 92.7 Å². The predicted molar refractivity (Wildman–Crippen MR) is 145 cm³/mol. The van der Waals surface area contributed by atoms with Gasteiger partial charge in [-0.3, -0.25) is 4.99 Å². The number of aromatic nitrogens is 2. The Hall–Kier alpha value is -3.04. The zero-order chi connectivity index (χ0) is 26.7. The molecule has 1 atom stereocenters. The lowest BCUT2D eigenvalue weighted by atomic mass is 10.2. The fraction of sp³-hybridized carbons (Fsp3) is 0.600. The molecule has 2 saturated heterocycles. The SMILES string of the molecule is CCc1nn2c(C)cc(N3CCN(C(=O)N4CCOCC4)CC3)cc2c1N(C)C(=NC)SC(C)(F)C#N. The summed E-state index contributed by atoms with van der Waals surface area (Å²) in [5, 5.41) is 12.3. The molecule has 2 aliphatic rings. The zero-order valence-corrected chi connectivity index (χ0v) is 23.0. The predicted octanol–water partition coefficient (Wildman–Crippen LogP) is 3.14. The van der Waals surface area contributed by atoms with Crippen molar-refractivity contribution in [2.24, 2.45) is 4.99 Å². The minimum Gasteiger partial charge on any atom is -0.378 e. The first kappa shape index (κ1) is 27.0. The van der Waals surface area contributed by atoms with E-state index in [1.165, 1.54) is 6.92 Å². The molecule has 4 rings (SSSR count). The van der Waals surface area contributed by atoms with E-state index in [0.717, 1.165) is 53.1 Å². The fourth-order valence-corrected chi connectivity index (χ4v) is 5.48. The van der Waals surface area contributed by atoms with Gasteiger partial charge in [0, 0.05) is 64.7 Å². The molecule has 0 aliphatic carbocycles. The molecule has 2 amide bonds. The van der Waals surface area contributed by atoms with E-state index in [4.69, 9.17) is 9.84 Å². The van der Waals surface area contributed by atoms with Crippen molar-refractivity contribution >= 4 is 39.9 Å². The number of nitrogens with zero attached hydrogens (tertiary/aromatic N) is 8. The molecule has 0 spiro atoms. The molecule has 1 unspecified atom stereocenters. The number of hydrogen-bond donors (Lipinski definition) is 0. The number of amidine groups is 1. The molecule has 2 aromatic rings. The first-order valence-corrected chi connectivity index (χ1v) is 13.4. The van der Waals surface area contributed by atoms with Crippen LogP contribution in [0, 0.1) is 18.3 Å². The van der Waals surface area contributed by atoms with Crippen LogP contribution in [0.4, 0.5) is 20.6 Å². The van der Waals surface area contributed by atoms with Gasteiger partial charge in [0.05, 0.1) is 30.1 Å². The third kappa shape index (κ3) is 5.62. The van der Waals surface area contributed by atoms with Crippen LogP contribution in [0.2, 0.25) is 0 Å². The second-order valence-corrected chi connectivity index (χ2v) is 10.7. The number of rotatable bonds is 4. The lowest BCUT2D eigenvalue weighted by molar-refractivity contribution is 0.0428. The Morgan fingerprint density at radius 3 is 2.49 bits per heavy atom. The van der Waals surface area contributed by atoms with E-state index >= 15 is 0 Å². The highest BCUT2D eigenvalue weighted by atomic mass is 32.2. The number of nitriles is 1. The van der Waals surface area contributed by atoms with Gasteiger partial charge in [0.25, 0.3) is 0 Å². The van der Waals surface area contributed by atoms with E-state index in [9.17, 15) is 14.4 Å². The van der Waals surface area contributed by atoms with Crippen LogP contribution in [-0.4, -0.2) is 102 Å². The van der Waals surface area contributed by atoms with Crippen molar-refractivity contribution in [3.8, 4) is 6.07 Å². The summed E-state index contributed by atoms with van der Waals surface area (Å²) in [6, 6.07) is 5.99. The van der Waals surface area contributed by atoms with Gasteiger partial charge in [-0.25, -0.2) is 13.7 Å². The summed E-state index contributed by atoms with van der Waals surface area (Å²) in [5.74, 6) is 0. The first-order chi connectivity index (χ1) is 17.7. The number of amides is 2. The highest BCUT2D eigenvalue weighted by molar-refractivity contribution is 8.15. The minimum absolute atomic E-state index is 0.0861. The fourth-order valence-electron chi connectivity index (χ4n) is 4.78. The van der Waals surface area contributed by atoms with Gasteiger partial charge in [-0.05, 0) is 44.2 Å². The van der Waals surface area contributed by atoms with Crippen LogP contribution in [0.3, 0.4) is 0 Å². The number of alkyl halides is 1. The number of halogens is 1. The van der Waals surface area contributed by atoms with E-state index in [0.29, 0.717) is 51.0 Å². The minimum atomic E-state index is -2.10. The largest absolute Gasteiger partial charge is 0.378 e. The van der Waals surface area contributed by atoms with Gasteiger partial charge in [-0.2, -0.15) is 10.4 Å². The first-order valence-electron chi connectivity index (χ1n) is 12.6. The molecule has 2 aromatic heterocycles. The van der Waals surface area contributed by atoms with Crippen LogP contribution < -0.4 is 9.80 Å². The standard InChI is InChI=1S/C25H35FN8O2S/c1-6-20-22(30(5)23(28-4)37-25(3,26)17-27)21-16-19(15-18(2)34(21)29-20)31-7-9-32(10-8-31)24(35)33-11-13-36-14-12-33/h15-16H,6-14H2,1-5H3. The number of aryl methyl sites for hydroxylation is 2. The Bertz CT molecular complexity index is 1210. The maximum Gasteiger partial charge on any atom is 0.320 e. The summed E-state index contributed by atoms with van der Waals surface area (Å²) >= 11 is 0.784. The third-order valence-corrected chi connectivity index (χ3v) is 7.88. The van der Waals surface area contributed by atoms with Gasteiger partial charge in [0.1, 0.15) is 6.07 Å². The second kappa shape index (κ2) is 11.1. The lowest BCUT2D eigenvalue weighted by Crippen LogP contribution is -2.54. The number of thioether (sulfide) groups is 1. The number of carbonyl (C=O) groups is 1. The van der Waals surface area contributed by atoms with Crippen LogP contribution >= 0.6 is 11.8 Å². The van der Waals surface area contributed by atoms with Crippen LogP contribution in [0.5, 0.6) is 0 Å². The molecular formula is C25H35FN8O2S. The number of hydrogen-bond acceptors (Lipinski definition) is 7. The van der Waals surface area contributed by atoms with Crippen molar-refractivity contribution < 1.29 is 13.9 Å². The van der Waals surface area contributed by atoms with Crippen molar-refractivity contribution in [2.45, 2.75) is 32.2 Å². The Morgan fingerprint density at radius 1 is 1.24 bits per heavy atom. The molecule has 200 valence electrons. The van der Waals surface area contributed by atoms with Crippen molar-refractivity contribution in [2.75, 3.05) is 76.4 Å². The molecule has 0 bridgehead atoms. The summed E-state index contributed by atoms with van der Waals surface area (Å²) in [5.41, 5.74) is 4.62. The van der Waals surface area contributed by atoms with Gasteiger partial charge >= 0.3 is 6.03 Å². The summed E-state index contributed by atoms with van der Waals surface area (Å²) in [6.07, 6.45) is 0.686. The number of piperazine rings is 1. The van der Waals surface area contributed by atoms with Crippen molar-refractivity contribution in [1.82, 2.24) is 19.4 Å². The Morgan fingerprint density at radius 2 is 1.89 bits per heavy atom. The highest BCUT2D eigenvalue weighted by Gasteiger charge is 2.31. The van der Waals surface area contributed by atoms with Crippen molar-refractivity contribution in [3.63, 3.8) is 0 Å². The van der Waals surface area contributed by atoms with Gasteiger partial charge in [-0.15, -0.1) is 0 Å². The Balaban J connectivity index is 1.59. The summed E-state index contributed by atoms with van der Waals surface area (Å²) in [4.78, 5) is 25.1. The zero-order valence-electron chi connectivity index (χ0n) is 22.2. The van der Waals surface area contributed by atoms with Crippen molar-refractivity contribution in [1.29, 1.82) is 5.26 Å². The molecule has 0 saturated carbocycles. The molecule has 37 heavy (non-hydrogen) atoms. The van der Waals surface area contributed by atoms with E-state index in [1.807, 2.05) is 40.1 Å². The quantitative estimate of drug-likeness (QED) is 0.443. The Kier molecular flexibility index (Phi) is 8.14. The number of anilines is 2. The number of pyridine rings is 1. The number of carbonyl (C=O) groups excluding carboxylic acids is 1. The normalized spacial score (nSPS) is 18.6. The average molecular weight is 531 g/mol. The van der Waals surface area contributed by atoms with Crippen LogP contribution in [-0.2, 0) is 11.2 Å². The maximum absolute atomic E-state index is 14.6. The summed E-state index contributed by atoms with van der Waals surface area (Å²) in [7, 11) is 3.43. The third-order valence-electron chi connectivity index (χ3n) is 6.77. The lowest BCUT2D eigenvalue weighted by Gasteiger charge is -2.39. The average Bonchev–Trinajstić information content (AvgIpc) is 3.30. The number of urea groups is 1. The molecule has 12 heteroatoms. The Labute approximate surface area is 221 Å². The number of aliphatic imine (C=N–C) groups is 1. The molecule has 2 fully saturated rings. The van der Waals surface area contributed by atoms with Gasteiger partial charge in [0.2, 0.25) is 5.00 Å². The molecule has 4 heterocycles. The molecule has 0 radical (unpaired) electrons. The maximum atomic E-state index is 14.6. The molecule has 10 nitrogen and oxygen atoms in total. The molecule has 0 N–H and O–H groups in total. The van der Waals surface area contributed by atoms with Crippen LogP contribution in [0.25, 0.3) is 5.52 Å². The van der Waals surface area contributed by atoms with Gasteiger partial charge < -0.3 is 24.3 Å².